The van der Waals surface area contributed by atoms with Gasteiger partial charge in [0.2, 0.25) is 11.8 Å². The minimum absolute atomic E-state index is 0.188. The Morgan fingerprint density at radius 2 is 1.92 bits per heavy atom. The van der Waals surface area contributed by atoms with Crippen molar-refractivity contribution in [2.45, 2.75) is 32.2 Å². The predicted molar refractivity (Wildman–Crippen MR) is 82.8 cm³/mol. The van der Waals surface area contributed by atoms with Crippen LogP contribution in [0.1, 0.15) is 26.2 Å². The maximum atomic E-state index is 13.5. The Balaban J connectivity index is 1.80. The number of nitrogens with zero attached hydrogens (tertiary/aromatic N) is 1. The van der Waals surface area contributed by atoms with E-state index in [0.29, 0.717) is 12.1 Å². The molecule has 1 atom stereocenters. The summed E-state index contributed by atoms with van der Waals surface area (Å²) in [6.07, 6.45) is 3.21. The number of halogens is 3. The van der Waals surface area contributed by atoms with E-state index in [-0.39, 0.29) is 19.0 Å². The van der Waals surface area contributed by atoms with Gasteiger partial charge in [0.25, 0.3) is 0 Å². The molecule has 2 amide bonds. The van der Waals surface area contributed by atoms with E-state index >= 15 is 0 Å². The van der Waals surface area contributed by atoms with E-state index in [1.165, 1.54) is 0 Å². The van der Waals surface area contributed by atoms with Gasteiger partial charge in [0.1, 0.15) is 0 Å². The molecule has 1 fully saturated rings. The molecule has 1 aromatic carbocycles. The maximum absolute atomic E-state index is 13.5. The van der Waals surface area contributed by atoms with Crippen LogP contribution in [0.15, 0.2) is 12.1 Å². The van der Waals surface area contributed by atoms with Crippen LogP contribution >= 0.6 is 0 Å². The predicted octanol–water partition coefficient (Wildman–Crippen LogP) is 2.03. The van der Waals surface area contributed by atoms with Crippen LogP contribution < -0.4 is 10.6 Å². The number of carbonyl (C=O) groups is 2. The summed E-state index contributed by atoms with van der Waals surface area (Å²) in [7, 11) is 0. The highest BCUT2D eigenvalue weighted by Gasteiger charge is 2.21. The number of hydrogen-bond acceptors (Lipinski definition) is 3. The van der Waals surface area contributed by atoms with E-state index in [2.05, 4.69) is 10.6 Å². The van der Waals surface area contributed by atoms with Crippen LogP contribution in [0.4, 0.5) is 18.9 Å². The lowest BCUT2D eigenvalue weighted by Gasteiger charge is -2.32. The van der Waals surface area contributed by atoms with Gasteiger partial charge in [-0.1, -0.05) is 6.42 Å². The highest BCUT2D eigenvalue weighted by molar-refractivity contribution is 5.94. The molecule has 1 aliphatic rings. The summed E-state index contributed by atoms with van der Waals surface area (Å²) >= 11 is 0. The van der Waals surface area contributed by atoms with Crippen LogP contribution in [0.5, 0.6) is 0 Å². The Hall–Kier alpha value is -2.09. The van der Waals surface area contributed by atoms with E-state index in [0.717, 1.165) is 31.9 Å². The smallest absolute Gasteiger partial charge is 0.243 e. The first kappa shape index (κ1) is 18.3. The zero-order valence-electron chi connectivity index (χ0n) is 13.4. The first-order valence-electron chi connectivity index (χ1n) is 7.82. The SMILES string of the molecule is C[C@H]1CCCCN1CC(=O)NCC(=O)Nc1ccc(F)c(F)c1F. The van der Waals surface area contributed by atoms with Crippen molar-refractivity contribution < 1.29 is 22.8 Å². The molecular weight excluding hydrogens is 323 g/mol. The lowest BCUT2D eigenvalue weighted by molar-refractivity contribution is -0.125. The van der Waals surface area contributed by atoms with Crippen molar-refractivity contribution >= 4 is 17.5 Å². The molecule has 1 heterocycles. The van der Waals surface area contributed by atoms with Crippen molar-refractivity contribution in [1.82, 2.24) is 10.2 Å². The van der Waals surface area contributed by atoms with E-state index < -0.39 is 29.0 Å². The molecular formula is C16H20F3N3O2. The summed E-state index contributed by atoms with van der Waals surface area (Å²) in [5, 5.41) is 4.53. The van der Waals surface area contributed by atoms with Gasteiger partial charge in [-0.15, -0.1) is 0 Å². The quantitative estimate of drug-likeness (QED) is 0.805. The lowest BCUT2D eigenvalue weighted by Crippen LogP contribution is -2.45. The van der Waals surface area contributed by atoms with Gasteiger partial charge >= 0.3 is 0 Å². The number of carbonyl (C=O) groups excluding carboxylic acids is 2. The third-order valence-electron chi connectivity index (χ3n) is 4.04. The lowest BCUT2D eigenvalue weighted by atomic mass is 10.0. The summed E-state index contributed by atoms with van der Waals surface area (Å²) in [5.74, 6) is -5.51. The van der Waals surface area contributed by atoms with E-state index in [1.807, 2.05) is 11.8 Å². The second-order valence-corrected chi connectivity index (χ2v) is 5.86. The highest BCUT2D eigenvalue weighted by atomic mass is 19.2. The van der Waals surface area contributed by atoms with Gasteiger partial charge in [-0.05, 0) is 38.4 Å². The number of benzene rings is 1. The molecule has 0 aliphatic carbocycles. The van der Waals surface area contributed by atoms with Gasteiger partial charge in [0.15, 0.2) is 17.5 Å². The molecule has 5 nitrogen and oxygen atoms in total. The average molecular weight is 343 g/mol. The third-order valence-corrected chi connectivity index (χ3v) is 4.04. The number of piperidine rings is 1. The molecule has 1 saturated heterocycles. The number of rotatable bonds is 5. The Morgan fingerprint density at radius 1 is 1.17 bits per heavy atom. The van der Waals surface area contributed by atoms with Crippen LogP contribution in [0.3, 0.4) is 0 Å². The summed E-state index contributed by atoms with van der Waals surface area (Å²) in [6, 6.07) is 1.95. The molecule has 1 aliphatic heterocycles. The molecule has 0 bridgehead atoms. The topological polar surface area (TPSA) is 61.4 Å². The summed E-state index contributed by atoms with van der Waals surface area (Å²) in [5.41, 5.74) is -0.474. The monoisotopic (exact) mass is 343 g/mol. The molecule has 0 saturated carbocycles. The van der Waals surface area contributed by atoms with Crippen molar-refractivity contribution in [2.75, 3.05) is 25.0 Å². The van der Waals surface area contributed by atoms with E-state index in [1.54, 1.807) is 0 Å². The molecule has 2 rings (SSSR count). The number of hydrogen-bond donors (Lipinski definition) is 2. The summed E-state index contributed by atoms with van der Waals surface area (Å²) in [6.45, 7) is 2.69. The molecule has 132 valence electrons. The fraction of sp³-hybridized carbons (Fsp3) is 0.500. The van der Waals surface area contributed by atoms with Gasteiger partial charge in [0, 0.05) is 6.04 Å². The number of nitrogens with one attached hydrogen (secondary N) is 2. The minimum atomic E-state index is -1.66. The van der Waals surface area contributed by atoms with Gasteiger partial charge in [-0.2, -0.15) is 0 Å². The van der Waals surface area contributed by atoms with Crippen LogP contribution in [0.25, 0.3) is 0 Å². The Bertz CT molecular complexity index is 625. The van der Waals surface area contributed by atoms with Gasteiger partial charge in [0.05, 0.1) is 18.8 Å². The van der Waals surface area contributed by atoms with Gasteiger partial charge in [-0.3, -0.25) is 14.5 Å². The second-order valence-electron chi connectivity index (χ2n) is 5.86. The molecule has 0 spiro atoms. The molecule has 24 heavy (non-hydrogen) atoms. The average Bonchev–Trinajstić information content (AvgIpc) is 2.56. The molecule has 8 heteroatoms. The molecule has 0 radical (unpaired) electrons. The fourth-order valence-corrected chi connectivity index (χ4v) is 2.63. The van der Waals surface area contributed by atoms with Crippen LogP contribution in [0, 0.1) is 17.5 Å². The maximum Gasteiger partial charge on any atom is 0.243 e. The summed E-state index contributed by atoms with van der Waals surface area (Å²) in [4.78, 5) is 25.6. The molecule has 0 unspecified atom stereocenters. The number of anilines is 1. The van der Waals surface area contributed by atoms with Crippen LogP contribution in [0.2, 0.25) is 0 Å². The first-order valence-corrected chi connectivity index (χ1v) is 7.82. The third kappa shape index (κ3) is 4.70. The van der Waals surface area contributed by atoms with E-state index in [4.69, 9.17) is 0 Å². The van der Waals surface area contributed by atoms with Crippen molar-refractivity contribution in [1.29, 1.82) is 0 Å². The normalized spacial score (nSPS) is 18.2. The van der Waals surface area contributed by atoms with Gasteiger partial charge < -0.3 is 10.6 Å². The zero-order chi connectivity index (χ0) is 17.7. The molecule has 0 aromatic heterocycles. The van der Waals surface area contributed by atoms with Crippen molar-refractivity contribution in [2.24, 2.45) is 0 Å². The molecule has 1 aromatic rings. The first-order chi connectivity index (χ1) is 11.4. The van der Waals surface area contributed by atoms with Crippen LogP contribution in [-0.4, -0.2) is 42.4 Å². The number of likely N-dealkylation sites (tertiary alicyclic amines) is 1. The van der Waals surface area contributed by atoms with Crippen LogP contribution in [-0.2, 0) is 9.59 Å². The highest BCUT2D eigenvalue weighted by Crippen LogP contribution is 2.19. The van der Waals surface area contributed by atoms with Crippen molar-refractivity contribution in [3.8, 4) is 0 Å². The minimum Gasteiger partial charge on any atom is -0.346 e. The second kappa shape index (κ2) is 8.14. The van der Waals surface area contributed by atoms with E-state index in [9.17, 15) is 22.8 Å². The van der Waals surface area contributed by atoms with Crippen molar-refractivity contribution in [3.63, 3.8) is 0 Å². The van der Waals surface area contributed by atoms with Gasteiger partial charge in [-0.25, -0.2) is 13.2 Å². The van der Waals surface area contributed by atoms with Crippen molar-refractivity contribution in [3.05, 3.63) is 29.6 Å². The zero-order valence-corrected chi connectivity index (χ0v) is 13.4. The summed E-state index contributed by atoms with van der Waals surface area (Å²) < 4.78 is 39.3. The Labute approximate surface area is 138 Å². The largest absolute Gasteiger partial charge is 0.346 e. The standard InChI is InChI=1S/C16H20F3N3O2/c1-10-4-2-3-7-22(10)9-14(24)20-8-13(23)21-12-6-5-11(17)15(18)16(12)19/h5-6,10H,2-4,7-9H2,1H3,(H,20,24)(H,21,23)/t10-/m0/s1. The Kier molecular flexibility index (Phi) is 6.19. The Morgan fingerprint density at radius 3 is 2.62 bits per heavy atom. The number of amides is 2. The fourth-order valence-electron chi connectivity index (χ4n) is 2.63. The molecule has 2 N–H and O–H groups in total.